The van der Waals surface area contributed by atoms with Crippen molar-refractivity contribution < 1.29 is 17.9 Å². The zero-order valence-corrected chi connectivity index (χ0v) is 20.4. The van der Waals surface area contributed by atoms with E-state index < -0.39 is 10.0 Å². The van der Waals surface area contributed by atoms with Crippen LogP contribution in [0.25, 0.3) is 0 Å². The largest absolute Gasteiger partial charge is 0.373 e. The van der Waals surface area contributed by atoms with Crippen molar-refractivity contribution in [3.8, 4) is 0 Å². The molecule has 2 atom stereocenters. The summed E-state index contributed by atoms with van der Waals surface area (Å²) >= 11 is 6.25. The van der Waals surface area contributed by atoms with Crippen LogP contribution in [0.15, 0.2) is 23.1 Å². The highest BCUT2D eigenvalue weighted by Crippen LogP contribution is 2.28. The third-order valence-electron chi connectivity index (χ3n) is 5.74. The zero-order valence-electron chi connectivity index (χ0n) is 18.8. The lowest BCUT2D eigenvalue weighted by Gasteiger charge is -2.34. The van der Waals surface area contributed by atoms with Crippen LogP contribution in [0, 0.1) is 5.92 Å². The molecule has 1 amide bonds. The quantitative estimate of drug-likeness (QED) is 0.690. The molecule has 0 spiro atoms. The highest BCUT2D eigenvalue weighted by Gasteiger charge is 2.34. The summed E-state index contributed by atoms with van der Waals surface area (Å²) < 4.78 is 33.5. The fraction of sp³-hybridized carbons (Fsp3) is 0.682. The summed E-state index contributed by atoms with van der Waals surface area (Å²) in [7, 11) is -3.83. The second-order valence-corrected chi connectivity index (χ2v) is 11.5. The third-order valence-corrected chi connectivity index (χ3v) is 8.06. The number of benzene rings is 1. The van der Waals surface area contributed by atoms with Gasteiger partial charge in [0.1, 0.15) is 4.90 Å². The molecule has 3 rings (SSSR count). The fourth-order valence-electron chi connectivity index (χ4n) is 4.35. The molecule has 2 aliphatic heterocycles. The van der Waals surface area contributed by atoms with Crippen LogP contribution < -0.4 is 5.32 Å². The summed E-state index contributed by atoms with van der Waals surface area (Å²) in [6.07, 6.45) is 1.37. The lowest BCUT2D eigenvalue weighted by atomic mass is 10.0. The minimum atomic E-state index is -3.83. The highest BCUT2D eigenvalue weighted by atomic mass is 35.5. The van der Waals surface area contributed by atoms with Crippen LogP contribution >= 0.6 is 11.6 Å². The molecule has 9 heteroatoms. The Bertz CT molecular complexity index is 875. The molecular formula is C22H34ClN3O4S. The predicted molar refractivity (Wildman–Crippen MR) is 122 cm³/mol. The Morgan fingerprint density at radius 3 is 2.39 bits per heavy atom. The molecule has 174 valence electrons. The van der Waals surface area contributed by atoms with Crippen molar-refractivity contribution in [2.75, 3.05) is 32.7 Å². The molecule has 31 heavy (non-hydrogen) atoms. The SMILES string of the molecule is CC(C)CN1CCC(NC(=O)c2ccc(Cl)c(S(=O)(=O)N3CC(C)OC(C)C3)c2)CC1. The van der Waals surface area contributed by atoms with E-state index in [1.165, 1.54) is 16.4 Å². The van der Waals surface area contributed by atoms with Gasteiger partial charge in [0.15, 0.2) is 0 Å². The first-order valence-electron chi connectivity index (χ1n) is 11.0. The first-order valence-corrected chi connectivity index (χ1v) is 12.9. The lowest BCUT2D eigenvalue weighted by molar-refractivity contribution is -0.0440. The number of amides is 1. The van der Waals surface area contributed by atoms with Crippen molar-refractivity contribution in [3.63, 3.8) is 0 Å². The van der Waals surface area contributed by atoms with E-state index >= 15 is 0 Å². The molecule has 1 aromatic carbocycles. The van der Waals surface area contributed by atoms with Crippen LogP contribution in [0.5, 0.6) is 0 Å². The molecule has 7 nitrogen and oxygen atoms in total. The topological polar surface area (TPSA) is 79.0 Å². The van der Waals surface area contributed by atoms with Gasteiger partial charge in [-0.2, -0.15) is 4.31 Å². The van der Waals surface area contributed by atoms with Crippen molar-refractivity contribution in [3.05, 3.63) is 28.8 Å². The van der Waals surface area contributed by atoms with Gasteiger partial charge >= 0.3 is 0 Å². The predicted octanol–water partition coefficient (Wildman–Crippen LogP) is 2.99. The Hall–Kier alpha value is -1.19. The second kappa shape index (κ2) is 10.2. The molecule has 2 unspecified atom stereocenters. The van der Waals surface area contributed by atoms with Gasteiger partial charge in [0, 0.05) is 44.3 Å². The van der Waals surface area contributed by atoms with Crippen LogP contribution in [0.3, 0.4) is 0 Å². The number of sulfonamides is 1. The molecule has 2 saturated heterocycles. The lowest BCUT2D eigenvalue weighted by Crippen LogP contribution is -2.48. The number of hydrogen-bond acceptors (Lipinski definition) is 5. The number of morpholine rings is 1. The van der Waals surface area contributed by atoms with Crippen molar-refractivity contribution in [2.45, 2.75) is 63.7 Å². The number of nitrogens with one attached hydrogen (secondary N) is 1. The van der Waals surface area contributed by atoms with E-state index in [2.05, 4.69) is 24.1 Å². The van der Waals surface area contributed by atoms with Crippen LogP contribution in [0.1, 0.15) is 50.9 Å². The Morgan fingerprint density at radius 1 is 1.19 bits per heavy atom. The first-order chi connectivity index (χ1) is 14.6. The number of nitrogens with zero attached hydrogens (tertiary/aromatic N) is 2. The van der Waals surface area contributed by atoms with E-state index in [1.54, 1.807) is 6.07 Å². The van der Waals surface area contributed by atoms with Crippen LogP contribution in [0.2, 0.25) is 5.02 Å². The minimum Gasteiger partial charge on any atom is -0.373 e. The van der Waals surface area contributed by atoms with Gasteiger partial charge in [0.2, 0.25) is 10.0 Å². The zero-order chi connectivity index (χ0) is 22.8. The van der Waals surface area contributed by atoms with Gasteiger partial charge < -0.3 is 15.0 Å². The molecule has 0 saturated carbocycles. The number of halogens is 1. The van der Waals surface area contributed by atoms with Gasteiger partial charge in [0.05, 0.1) is 17.2 Å². The van der Waals surface area contributed by atoms with Gasteiger partial charge in [-0.1, -0.05) is 25.4 Å². The van der Waals surface area contributed by atoms with E-state index in [9.17, 15) is 13.2 Å². The molecule has 2 heterocycles. The van der Waals surface area contributed by atoms with E-state index in [4.69, 9.17) is 16.3 Å². The van der Waals surface area contributed by atoms with Crippen LogP contribution in [-0.4, -0.2) is 74.5 Å². The average molecular weight is 472 g/mol. The summed E-state index contributed by atoms with van der Waals surface area (Å²) in [5.74, 6) is 0.358. The summed E-state index contributed by atoms with van der Waals surface area (Å²) in [6.45, 7) is 11.6. The molecule has 2 aliphatic rings. The van der Waals surface area contributed by atoms with Crippen molar-refractivity contribution in [2.24, 2.45) is 5.92 Å². The summed E-state index contributed by atoms with van der Waals surface area (Å²) in [5, 5.41) is 3.18. The van der Waals surface area contributed by atoms with E-state index in [-0.39, 0.29) is 47.2 Å². The van der Waals surface area contributed by atoms with Gasteiger partial charge in [-0.3, -0.25) is 4.79 Å². The summed E-state index contributed by atoms with van der Waals surface area (Å²) in [6, 6.07) is 4.55. The number of carbonyl (C=O) groups is 1. The maximum Gasteiger partial charge on any atom is 0.251 e. The average Bonchev–Trinajstić information content (AvgIpc) is 2.68. The Morgan fingerprint density at radius 2 is 1.81 bits per heavy atom. The Balaban J connectivity index is 1.70. The number of ether oxygens (including phenoxy) is 1. The number of rotatable bonds is 6. The van der Waals surface area contributed by atoms with E-state index in [0.29, 0.717) is 11.5 Å². The maximum atomic E-state index is 13.2. The second-order valence-electron chi connectivity index (χ2n) is 9.17. The Kier molecular flexibility index (Phi) is 8.02. The fourth-order valence-corrected chi connectivity index (χ4v) is 6.44. The van der Waals surface area contributed by atoms with E-state index in [0.717, 1.165) is 32.5 Å². The van der Waals surface area contributed by atoms with Gasteiger partial charge in [-0.15, -0.1) is 0 Å². The summed E-state index contributed by atoms with van der Waals surface area (Å²) in [4.78, 5) is 15.2. The number of likely N-dealkylation sites (tertiary alicyclic amines) is 1. The highest BCUT2D eigenvalue weighted by molar-refractivity contribution is 7.89. The molecular weight excluding hydrogens is 438 g/mol. The first kappa shape index (κ1) is 24.5. The van der Waals surface area contributed by atoms with Crippen LogP contribution in [-0.2, 0) is 14.8 Å². The monoisotopic (exact) mass is 471 g/mol. The number of hydrogen-bond donors (Lipinski definition) is 1. The molecule has 1 aromatic rings. The van der Waals surface area contributed by atoms with Gasteiger partial charge in [-0.25, -0.2) is 8.42 Å². The van der Waals surface area contributed by atoms with Gasteiger partial charge in [0.25, 0.3) is 5.91 Å². The van der Waals surface area contributed by atoms with E-state index in [1.807, 2.05) is 13.8 Å². The number of carbonyl (C=O) groups excluding carboxylic acids is 1. The molecule has 0 bridgehead atoms. The Labute approximate surface area is 191 Å². The minimum absolute atomic E-state index is 0.0325. The van der Waals surface area contributed by atoms with Crippen molar-refractivity contribution in [1.82, 2.24) is 14.5 Å². The van der Waals surface area contributed by atoms with Gasteiger partial charge in [-0.05, 0) is 50.8 Å². The van der Waals surface area contributed by atoms with Crippen molar-refractivity contribution in [1.29, 1.82) is 0 Å². The van der Waals surface area contributed by atoms with Crippen LogP contribution in [0.4, 0.5) is 0 Å². The third kappa shape index (κ3) is 6.20. The molecule has 0 aliphatic carbocycles. The smallest absolute Gasteiger partial charge is 0.251 e. The summed E-state index contributed by atoms with van der Waals surface area (Å²) in [5.41, 5.74) is 0.307. The number of piperidine rings is 1. The molecule has 0 radical (unpaired) electrons. The molecule has 2 fully saturated rings. The standard InChI is InChI=1S/C22H34ClN3O4S/c1-15(2)12-25-9-7-19(8-10-25)24-22(27)18-5-6-20(23)21(11-18)31(28,29)26-13-16(3)30-17(4)14-26/h5-6,11,15-17,19H,7-10,12-14H2,1-4H3,(H,24,27). The normalized spacial score (nSPS) is 24.5. The van der Waals surface area contributed by atoms with Crippen molar-refractivity contribution >= 4 is 27.5 Å². The molecule has 0 aromatic heterocycles. The molecule has 1 N–H and O–H groups in total. The maximum absolute atomic E-state index is 13.2.